The van der Waals surface area contributed by atoms with Crippen LogP contribution in [0, 0.1) is 5.92 Å². The lowest BCUT2D eigenvalue weighted by Gasteiger charge is -2.48. The monoisotopic (exact) mass is 238 g/mol. The van der Waals surface area contributed by atoms with Crippen LogP contribution in [0.5, 0.6) is 0 Å². The Morgan fingerprint density at radius 3 is 2.59 bits per heavy atom. The second-order valence-corrected chi connectivity index (χ2v) is 4.99. The quantitative estimate of drug-likeness (QED) is 0.750. The minimum Gasteiger partial charge on any atom is -0.396 e. The van der Waals surface area contributed by atoms with Gasteiger partial charge in [0.25, 0.3) is 5.91 Å². The van der Waals surface area contributed by atoms with E-state index in [-0.39, 0.29) is 11.8 Å². The summed E-state index contributed by atoms with van der Waals surface area (Å²) < 4.78 is 1.46. The first-order chi connectivity index (χ1) is 7.85. The Morgan fingerprint density at radius 1 is 1.59 bits per heavy atom. The zero-order chi connectivity index (χ0) is 12.8. The molecular formula is C11H18N4O2. The Balaban J connectivity index is 2.10. The third-order valence-electron chi connectivity index (χ3n) is 3.46. The van der Waals surface area contributed by atoms with Crippen molar-refractivity contribution < 1.29 is 9.90 Å². The number of nitrogen functional groups attached to an aromatic ring is 1. The van der Waals surface area contributed by atoms with Crippen LogP contribution in [0.2, 0.25) is 0 Å². The molecule has 0 atom stereocenters. The molecule has 0 radical (unpaired) electrons. The van der Waals surface area contributed by atoms with Gasteiger partial charge in [-0.05, 0) is 5.92 Å². The molecule has 0 bridgehead atoms. The molecule has 1 aromatic heterocycles. The van der Waals surface area contributed by atoms with E-state index in [4.69, 9.17) is 5.73 Å². The van der Waals surface area contributed by atoms with Crippen LogP contribution in [0.1, 0.15) is 24.3 Å². The third kappa shape index (κ3) is 1.78. The molecule has 1 saturated heterocycles. The van der Waals surface area contributed by atoms with E-state index in [0.29, 0.717) is 24.5 Å². The lowest BCUT2D eigenvalue weighted by molar-refractivity contribution is -0.111. The van der Waals surface area contributed by atoms with Crippen molar-refractivity contribution in [3.63, 3.8) is 0 Å². The third-order valence-corrected chi connectivity index (χ3v) is 3.46. The van der Waals surface area contributed by atoms with E-state index in [1.165, 1.54) is 10.9 Å². The van der Waals surface area contributed by atoms with E-state index in [1.54, 1.807) is 11.9 Å². The van der Waals surface area contributed by atoms with Crippen LogP contribution < -0.4 is 5.73 Å². The van der Waals surface area contributed by atoms with E-state index in [1.807, 2.05) is 13.8 Å². The fourth-order valence-electron chi connectivity index (χ4n) is 1.99. The van der Waals surface area contributed by atoms with Gasteiger partial charge in [-0.25, -0.2) is 0 Å². The number of nitrogens with zero attached hydrogens (tertiary/aromatic N) is 3. The fourth-order valence-corrected chi connectivity index (χ4v) is 1.99. The van der Waals surface area contributed by atoms with Crippen LogP contribution in [-0.4, -0.2) is 44.4 Å². The van der Waals surface area contributed by atoms with Gasteiger partial charge < -0.3 is 15.7 Å². The van der Waals surface area contributed by atoms with Gasteiger partial charge in [-0.3, -0.25) is 9.48 Å². The molecule has 0 unspecified atom stereocenters. The maximum atomic E-state index is 12.1. The first kappa shape index (κ1) is 11.9. The summed E-state index contributed by atoms with van der Waals surface area (Å²) in [6, 6.07) is 0. The lowest BCUT2D eigenvalue weighted by atomic mass is 9.83. The molecular weight excluding hydrogens is 220 g/mol. The van der Waals surface area contributed by atoms with Crippen molar-refractivity contribution in [2.45, 2.75) is 19.4 Å². The van der Waals surface area contributed by atoms with Crippen LogP contribution in [-0.2, 0) is 7.05 Å². The van der Waals surface area contributed by atoms with Crippen molar-refractivity contribution in [1.29, 1.82) is 0 Å². The highest BCUT2D eigenvalue weighted by molar-refractivity contribution is 5.97. The van der Waals surface area contributed by atoms with E-state index in [9.17, 15) is 9.90 Å². The fraction of sp³-hybridized carbons (Fsp3) is 0.636. The topological polar surface area (TPSA) is 84.4 Å². The van der Waals surface area contributed by atoms with Crippen LogP contribution in [0.25, 0.3) is 0 Å². The highest BCUT2D eigenvalue weighted by Crippen LogP contribution is 2.30. The van der Waals surface area contributed by atoms with Gasteiger partial charge in [-0.15, -0.1) is 0 Å². The van der Waals surface area contributed by atoms with Crippen molar-refractivity contribution >= 4 is 11.6 Å². The van der Waals surface area contributed by atoms with Gasteiger partial charge in [0.2, 0.25) is 0 Å². The molecule has 17 heavy (non-hydrogen) atoms. The van der Waals surface area contributed by atoms with Crippen LogP contribution in [0.3, 0.4) is 0 Å². The SMILES string of the molecule is CC(C)C1(O)CN(C(=O)c2c(N)cnn2C)C1. The molecule has 1 aliphatic rings. The van der Waals surface area contributed by atoms with Crippen molar-refractivity contribution in [1.82, 2.24) is 14.7 Å². The van der Waals surface area contributed by atoms with Gasteiger partial charge in [0, 0.05) is 7.05 Å². The molecule has 1 fully saturated rings. The molecule has 1 aliphatic heterocycles. The van der Waals surface area contributed by atoms with Gasteiger partial charge in [0.05, 0.1) is 25.0 Å². The van der Waals surface area contributed by atoms with E-state index in [2.05, 4.69) is 5.10 Å². The second kappa shape index (κ2) is 3.73. The summed E-state index contributed by atoms with van der Waals surface area (Å²) in [6.45, 7) is 4.60. The zero-order valence-corrected chi connectivity index (χ0v) is 10.3. The molecule has 0 saturated carbocycles. The molecule has 0 aliphatic carbocycles. The number of amides is 1. The summed E-state index contributed by atoms with van der Waals surface area (Å²) in [5.74, 6) is -0.0386. The van der Waals surface area contributed by atoms with E-state index >= 15 is 0 Å². The molecule has 94 valence electrons. The standard InChI is InChI=1S/C11H18N4O2/c1-7(2)11(17)5-15(6-11)10(16)9-8(12)4-13-14(9)3/h4,7,17H,5-6,12H2,1-3H3. The second-order valence-electron chi connectivity index (χ2n) is 4.99. The minimum atomic E-state index is -0.761. The molecule has 1 amide bonds. The lowest BCUT2D eigenvalue weighted by Crippen LogP contribution is -2.66. The number of carbonyl (C=O) groups is 1. The first-order valence-electron chi connectivity index (χ1n) is 5.64. The summed E-state index contributed by atoms with van der Waals surface area (Å²) in [7, 11) is 1.68. The van der Waals surface area contributed by atoms with Crippen LogP contribution >= 0.6 is 0 Å². The molecule has 0 aromatic carbocycles. The van der Waals surface area contributed by atoms with Crippen molar-refractivity contribution in [3.05, 3.63) is 11.9 Å². The normalized spacial score (nSPS) is 18.3. The number of anilines is 1. The zero-order valence-electron chi connectivity index (χ0n) is 10.3. The van der Waals surface area contributed by atoms with Gasteiger partial charge in [0.1, 0.15) is 11.3 Å². The Labute approximate surface area is 100 Å². The maximum absolute atomic E-state index is 12.1. The Hall–Kier alpha value is -1.56. The summed E-state index contributed by atoms with van der Waals surface area (Å²) in [4.78, 5) is 13.7. The Bertz CT molecular complexity index is 427. The summed E-state index contributed by atoms with van der Waals surface area (Å²) in [5, 5.41) is 14.0. The Kier molecular flexibility index (Phi) is 2.61. The summed E-state index contributed by atoms with van der Waals surface area (Å²) in [5.41, 5.74) is 5.69. The molecule has 0 spiro atoms. The average Bonchev–Trinajstić information content (AvgIpc) is 2.52. The number of aromatic nitrogens is 2. The average molecular weight is 238 g/mol. The molecule has 2 rings (SSSR count). The van der Waals surface area contributed by atoms with Gasteiger partial charge in [0.15, 0.2) is 0 Å². The number of hydrogen-bond acceptors (Lipinski definition) is 4. The molecule has 6 heteroatoms. The number of aliphatic hydroxyl groups is 1. The minimum absolute atomic E-state index is 0.135. The van der Waals surface area contributed by atoms with Crippen LogP contribution in [0.15, 0.2) is 6.20 Å². The van der Waals surface area contributed by atoms with E-state index in [0.717, 1.165) is 0 Å². The smallest absolute Gasteiger partial charge is 0.274 e. The van der Waals surface area contributed by atoms with E-state index < -0.39 is 5.60 Å². The predicted molar refractivity (Wildman–Crippen MR) is 63.3 cm³/mol. The molecule has 2 heterocycles. The number of hydrogen-bond donors (Lipinski definition) is 2. The van der Waals surface area contributed by atoms with Gasteiger partial charge >= 0.3 is 0 Å². The Morgan fingerprint density at radius 2 is 2.18 bits per heavy atom. The molecule has 1 aromatic rings. The summed E-state index contributed by atoms with van der Waals surface area (Å²) in [6.07, 6.45) is 1.46. The van der Waals surface area contributed by atoms with Gasteiger partial charge in [-0.2, -0.15) is 5.10 Å². The number of rotatable bonds is 2. The number of likely N-dealkylation sites (tertiary alicyclic amines) is 1. The highest BCUT2D eigenvalue weighted by Gasteiger charge is 2.46. The molecule has 3 N–H and O–H groups in total. The number of carbonyl (C=O) groups excluding carboxylic acids is 1. The van der Waals surface area contributed by atoms with Gasteiger partial charge in [-0.1, -0.05) is 13.8 Å². The number of nitrogens with two attached hydrogens (primary N) is 1. The number of β-amino-alcohol motifs (C(OH)–C–C–N with tert-alkyl or cyclic N) is 1. The van der Waals surface area contributed by atoms with Crippen molar-refractivity contribution in [2.75, 3.05) is 18.8 Å². The van der Waals surface area contributed by atoms with Crippen molar-refractivity contribution in [2.24, 2.45) is 13.0 Å². The predicted octanol–water partition coefficient (Wildman–Crippen LogP) is -0.155. The molecule has 6 nitrogen and oxygen atoms in total. The van der Waals surface area contributed by atoms with Crippen molar-refractivity contribution in [3.8, 4) is 0 Å². The highest BCUT2D eigenvalue weighted by atomic mass is 16.3. The first-order valence-corrected chi connectivity index (χ1v) is 5.64. The summed E-state index contributed by atoms with van der Waals surface area (Å²) >= 11 is 0. The number of aryl methyl sites for hydroxylation is 1. The van der Waals surface area contributed by atoms with Crippen LogP contribution in [0.4, 0.5) is 5.69 Å². The largest absolute Gasteiger partial charge is 0.396 e. The maximum Gasteiger partial charge on any atom is 0.274 e.